The molecule has 1 saturated heterocycles. The van der Waals surface area contributed by atoms with Crippen LogP contribution in [0.2, 0.25) is 10.0 Å². The lowest BCUT2D eigenvalue weighted by Gasteiger charge is -2.28. The molecule has 0 amide bonds. The molecule has 204 valence electrons. The zero-order valence-electron chi connectivity index (χ0n) is 22.4. The van der Waals surface area contributed by atoms with E-state index < -0.39 is 5.60 Å². The molecule has 0 unspecified atom stereocenters. The first-order valence-electron chi connectivity index (χ1n) is 13.5. The van der Waals surface area contributed by atoms with E-state index in [1.54, 1.807) is 0 Å². The highest BCUT2D eigenvalue weighted by atomic mass is 35.5. The number of fused-ring (bicyclic) bond motifs is 1. The highest BCUT2D eigenvalue weighted by molar-refractivity contribution is 6.30. The molecule has 0 spiro atoms. The van der Waals surface area contributed by atoms with Gasteiger partial charge in [-0.2, -0.15) is 0 Å². The van der Waals surface area contributed by atoms with Gasteiger partial charge >= 0.3 is 0 Å². The van der Waals surface area contributed by atoms with Gasteiger partial charge in [-0.1, -0.05) is 53.5 Å². The number of aromatic nitrogens is 1. The molecule has 3 aromatic carbocycles. The first-order chi connectivity index (χ1) is 18.8. The number of aliphatic hydroxyl groups excluding tert-OH is 1. The van der Waals surface area contributed by atoms with Gasteiger partial charge in [0, 0.05) is 52.2 Å². The third kappa shape index (κ3) is 6.85. The zero-order valence-corrected chi connectivity index (χ0v) is 23.9. The van der Waals surface area contributed by atoms with Gasteiger partial charge in [-0.3, -0.25) is 0 Å². The van der Waals surface area contributed by atoms with Crippen LogP contribution in [0.5, 0.6) is 5.88 Å². The standard InChI is InChI=1S/C32H35Cl2N3O2/c1-32(2,15-18-38)39-30-20-29(36-26-13-16-35-17-14-26)27-19-23(7-12-28(27)37-30)31(21-3-8-24(33)9-4-21)22-5-10-25(34)11-6-22/h3-12,19-20,26,31,35,38H,13-18H2,1-2H3,(H,36,37). The summed E-state index contributed by atoms with van der Waals surface area (Å²) in [5, 5.41) is 19.2. The highest BCUT2D eigenvalue weighted by Crippen LogP contribution is 2.37. The summed E-state index contributed by atoms with van der Waals surface area (Å²) in [5.41, 5.74) is 4.78. The summed E-state index contributed by atoms with van der Waals surface area (Å²) >= 11 is 12.5. The topological polar surface area (TPSA) is 66.4 Å². The second-order valence-electron chi connectivity index (χ2n) is 10.8. The van der Waals surface area contributed by atoms with Crippen LogP contribution < -0.4 is 15.4 Å². The van der Waals surface area contributed by atoms with E-state index in [1.807, 2.05) is 44.2 Å². The minimum atomic E-state index is -0.532. The van der Waals surface area contributed by atoms with Crippen LogP contribution in [0.4, 0.5) is 5.69 Å². The first-order valence-corrected chi connectivity index (χ1v) is 14.3. The van der Waals surface area contributed by atoms with Crippen molar-refractivity contribution >= 4 is 39.8 Å². The van der Waals surface area contributed by atoms with Gasteiger partial charge in [-0.15, -0.1) is 0 Å². The van der Waals surface area contributed by atoms with E-state index in [-0.39, 0.29) is 12.5 Å². The summed E-state index contributed by atoms with van der Waals surface area (Å²) in [6, 6.07) is 24.9. The van der Waals surface area contributed by atoms with Crippen molar-refractivity contribution in [3.8, 4) is 5.88 Å². The molecular formula is C32H35Cl2N3O2. The molecule has 1 fully saturated rings. The van der Waals surface area contributed by atoms with Crippen LogP contribution in [-0.4, -0.2) is 41.4 Å². The Morgan fingerprint density at radius 3 is 2.10 bits per heavy atom. The minimum Gasteiger partial charge on any atom is -0.471 e. The zero-order chi connectivity index (χ0) is 27.4. The number of nitrogens with zero attached hydrogens (tertiary/aromatic N) is 1. The lowest BCUT2D eigenvalue weighted by molar-refractivity contribution is 0.0721. The molecule has 0 radical (unpaired) electrons. The van der Waals surface area contributed by atoms with Crippen molar-refractivity contribution in [1.29, 1.82) is 0 Å². The van der Waals surface area contributed by atoms with Crippen LogP contribution in [0.15, 0.2) is 72.8 Å². The summed E-state index contributed by atoms with van der Waals surface area (Å²) in [7, 11) is 0. The van der Waals surface area contributed by atoms with Crippen LogP contribution >= 0.6 is 23.2 Å². The number of anilines is 1. The minimum absolute atomic E-state index is 0.00456. The smallest absolute Gasteiger partial charge is 0.216 e. The number of hydrogen-bond acceptors (Lipinski definition) is 5. The molecule has 2 heterocycles. The van der Waals surface area contributed by atoms with Crippen LogP contribution in [0.3, 0.4) is 0 Å². The number of halogens is 2. The van der Waals surface area contributed by atoms with Crippen LogP contribution in [-0.2, 0) is 0 Å². The van der Waals surface area contributed by atoms with Crippen molar-refractivity contribution < 1.29 is 9.84 Å². The Balaban J connectivity index is 1.61. The molecule has 1 aliphatic rings. The molecule has 4 aromatic rings. The average molecular weight is 565 g/mol. The second-order valence-corrected chi connectivity index (χ2v) is 11.7. The Bertz CT molecular complexity index is 1360. The monoisotopic (exact) mass is 563 g/mol. The number of piperidine rings is 1. The van der Waals surface area contributed by atoms with E-state index >= 15 is 0 Å². The predicted molar refractivity (Wildman–Crippen MR) is 162 cm³/mol. The Kier molecular flexibility index (Phi) is 8.63. The Morgan fingerprint density at radius 2 is 1.51 bits per heavy atom. The molecule has 5 rings (SSSR count). The maximum Gasteiger partial charge on any atom is 0.216 e. The van der Waals surface area contributed by atoms with Crippen molar-refractivity contribution in [2.45, 2.75) is 50.7 Å². The molecule has 0 bridgehead atoms. The average Bonchev–Trinajstić information content (AvgIpc) is 2.91. The number of aliphatic hydroxyl groups is 1. The van der Waals surface area contributed by atoms with E-state index in [2.05, 4.69) is 53.1 Å². The van der Waals surface area contributed by atoms with Crippen molar-refractivity contribution in [2.75, 3.05) is 25.0 Å². The van der Waals surface area contributed by atoms with Gasteiger partial charge < -0.3 is 20.5 Å². The normalized spacial score (nSPS) is 14.6. The molecule has 0 aliphatic carbocycles. The van der Waals surface area contributed by atoms with Gasteiger partial charge in [0.25, 0.3) is 0 Å². The lowest BCUT2D eigenvalue weighted by atomic mass is 9.84. The molecule has 1 aromatic heterocycles. The number of ether oxygens (including phenoxy) is 1. The number of hydrogen-bond donors (Lipinski definition) is 3. The van der Waals surface area contributed by atoms with Gasteiger partial charge in [0.15, 0.2) is 0 Å². The van der Waals surface area contributed by atoms with E-state index in [0.29, 0.717) is 28.4 Å². The van der Waals surface area contributed by atoms with Crippen LogP contribution in [0, 0.1) is 0 Å². The SMILES string of the molecule is CC(C)(CCO)Oc1cc(NC2CCNCC2)c2cc(C(c3ccc(Cl)cc3)c3ccc(Cl)cc3)ccc2n1. The third-order valence-electron chi connectivity index (χ3n) is 7.34. The van der Waals surface area contributed by atoms with Crippen molar-refractivity contribution in [3.05, 3.63) is 99.5 Å². The molecule has 0 atom stereocenters. The first kappa shape index (κ1) is 27.7. The number of benzene rings is 3. The number of pyridine rings is 1. The Labute approximate surface area is 240 Å². The summed E-state index contributed by atoms with van der Waals surface area (Å²) in [6.07, 6.45) is 2.62. The maximum atomic E-state index is 9.49. The van der Waals surface area contributed by atoms with Crippen molar-refractivity contribution in [1.82, 2.24) is 10.3 Å². The summed E-state index contributed by atoms with van der Waals surface area (Å²) in [6.45, 7) is 5.99. The molecule has 39 heavy (non-hydrogen) atoms. The van der Waals surface area contributed by atoms with E-state index in [0.717, 1.165) is 59.2 Å². The van der Waals surface area contributed by atoms with Crippen LogP contribution in [0.1, 0.15) is 55.7 Å². The van der Waals surface area contributed by atoms with Gasteiger partial charge in [0.1, 0.15) is 5.60 Å². The van der Waals surface area contributed by atoms with Crippen LogP contribution in [0.25, 0.3) is 10.9 Å². The van der Waals surface area contributed by atoms with E-state index in [9.17, 15) is 5.11 Å². The molecule has 5 nitrogen and oxygen atoms in total. The molecule has 1 aliphatic heterocycles. The largest absolute Gasteiger partial charge is 0.471 e. The Hall–Kier alpha value is -2.83. The predicted octanol–water partition coefficient (Wildman–Crippen LogP) is 7.43. The lowest BCUT2D eigenvalue weighted by Crippen LogP contribution is -2.35. The Morgan fingerprint density at radius 1 is 0.923 bits per heavy atom. The summed E-state index contributed by atoms with van der Waals surface area (Å²) < 4.78 is 6.27. The summed E-state index contributed by atoms with van der Waals surface area (Å²) in [4.78, 5) is 4.87. The van der Waals surface area contributed by atoms with E-state index in [1.165, 1.54) is 0 Å². The molecule has 7 heteroatoms. The fourth-order valence-electron chi connectivity index (χ4n) is 5.25. The fourth-order valence-corrected chi connectivity index (χ4v) is 5.50. The quantitative estimate of drug-likeness (QED) is 0.185. The second kappa shape index (κ2) is 12.1. The van der Waals surface area contributed by atoms with Gasteiger partial charge in [0.05, 0.1) is 5.52 Å². The van der Waals surface area contributed by atoms with E-state index in [4.69, 9.17) is 32.9 Å². The number of rotatable bonds is 9. The number of nitrogens with one attached hydrogen (secondary N) is 2. The van der Waals surface area contributed by atoms with Gasteiger partial charge in [0.2, 0.25) is 5.88 Å². The van der Waals surface area contributed by atoms with Gasteiger partial charge in [-0.25, -0.2) is 4.98 Å². The molecule has 0 saturated carbocycles. The molecule has 3 N–H and O–H groups in total. The highest BCUT2D eigenvalue weighted by Gasteiger charge is 2.23. The molecular weight excluding hydrogens is 529 g/mol. The van der Waals surface area contributed by atoms with Gasteiger partial charge in [-0.05, 0) is 92.9 Å². The fraction of sp³-hybridized carbons (Fsp3) is 0.344. The summed E-state index contributed by atoms with van der Waals surface area (Å²) in [5.74, 6) is 0.548. The van der Waals surface area contributed by atoms with Crippen molar-refractivity contribution in [2.24, 2.45) is 0 Å². The maximum absolute atomic E-state index is 9.49. The third-order valence-corrected chi connectivity index (χ3v) is 7.85. The van der Waals surface area contributed by atoms with Crippen molar-refractivity contribution in [3.63, 3.8) is 0 Å².